The molecule has 0 aliphatic rings. The van der Waals surface area contributed by atoms with Crippen molar-refractivity contribution in [3.8, 4) is 0 Å². The van der Waals surface area contributed by atoms with Gasteiger partial charge in [0.15, 0.2) is 0 Å². The predicted octanol–water partition coefficient (Wildman–Crippen LogP) is 1.83. The summed E-state index contributed by atoms with van der Waals surface area (Å²) in [7, 11) is 5.40. The molecule has 0 saturated heterocycles. The van der Waals surface area contributed by atoms with Gasteiger partial charge in [-0.2, -0.15) is 0 Å². The van der Waals surface area contributed by atoms with Gasteiger partial charge in [-0.1, -0.05) is 0 Å². The van der Waals surface area contributed by atoms with E-state index in [0.717, 1.165) is 16.0 Å². The monoisotopic (exact) mass is 278 g/mol. The summed E-state index contributed by atoms with van der Waals surface area (Å²) < 4.78 is 0. The maximum atomic E-state index is 11.8. The second-order valence-electron chi connectivity index (χ2n) is 4.80. The molecule has 19 heavy (non-hydrogen) atoms. The van der Waals surface area contributed by atoms with Crippen LogP contribution in [-0.2, 0) is 4.79 Å². The highest BCUT2D eigenvalue weighted by Gasteiger charge is 2.17. The van der Waals surface area contributed by atoms with Crippen LogP contribution in [0.25, 0.3) is 10.2 Å². The normalized spacial score (nSPS) is 10.8. The number of likely N-dealkylation sites (N-methyl/N-ethyl adjacent to an activating group) is 2. The van der Waals surface area contributed by atoms with E-state index >= 15 is 0 Å². The molecule has 0 saturated carbocycles. The second kappa shape index (κ2) is 5.13. The zero-order valence-corrected chi connectivity index (χ0v) is 12.7. The summed E-state index contributed by atoms with van der Waals surface area (Å²) in [6.45, 7) is 4.46. The summed E-state index contributed by atoms with van der Waals surface area (Å²) in [5, 5.41) is 1.05. The summed E-state index contributed by atoms with van der Waals surface area (Å²) in [6, 6.07) is 0. The van der Waals surface area contributed by atoms with Gasteiger partial charge >= 0.3 is 0 Å². The summed E-state index contributed by atoms with van der Waals surface area (Å²) in [4.78, 5) is 26.1. The van der Waals surface area contributed by atoms with Gasteiger partial charge in [0.1, 0.15) is 17.0 Å². The molecule has 0 fully saturated rings. The topological polar surface area (TPSA) is 49.3 Å². The van der Waals surface area contributed by atoms with E-state index in [1.165, 1.54) is 10.4 Å². The molecule has 0 unspecified atom stereocenters. The van der Waals surface area contributed by atoms with Crippen molar-refractivity contribution >= 4 is 33.3 Å². The van der Waals surface area contributed by atoms with E-state index in [2.05, 4.69) is 23.8 Å². The molecule has 2 aromatic heterocycles. The molecule has 0 N–H and O–H groups in total. The minimum Gasteiger partial charge on any atom is -0.350 e. The molecule has 2 rings (SSSR count). The third-order valence-electron chi connectivity index (χ3n) is 3.18. The largest absolute Gasteiger partial charge is 0.350 e. The number of anilines is 1. The lowest BCUT2D eigenvalue weighted by Gasteiger charge is -2.20. The Morgan fingerprint density at radius 2 is 1.95 bits per heavy atom. The fourth-order valence-electron chi connectivity index (χ4n) is 1.87. The lowest BCUT2D eigenvalue weighted by atomic mass is 10.2. The van der Waals surface area contributed by atoms with Crippen LogP contribution >= 0.6 is 11.3 Å². The number of aromatic nitrogens is 2. The molecule has 0 spiro atoms. The number of thiophene rings is 1. The molecule has 5 nitrogen and oxygen atoms in total. The Morgan fingerprint density at radius 3 is 2.58 bits per heavy atom. The Kier molecular flexibility index (Phi) is 3.71. The van der Waals surface area contributed by atoms with Crippen molar-refractivity contribution in [3.05, 3.63) is 16.8 Å². The van der Waals surface area contributed by atoms with E-state index in [9.17, 15) is 4.79 Å². The van der Waals surface area contributed by atoms with Crippen molar-refractivity contribution in [1.82, 2.24) is 14.9 Å². The smallest absolute Gasteiger partial charge is 0.241 e. The summed E-state index contributed by atoms with van der Waals surface area (Å²) >= 11 is 1.66. The van der Waals surface area contributed by atoms with Crippen molar-refractivity contribution in [1.29, 1.82) is 0 Å². The second-order valence-corrected chi connectivity index (χ2v) is 6.01. The maximum absolute atomic E-state index is 11.8. The van der Waals surface area contributed by atoms with Crippen LogP contribution in [0.15, 0.2) is 6.33 Å². The van der Waals surface area contributed by atoms with Crippen LogP contribution in [0.1, 0.15) is 10.4 Å². The molecule has 0 radical (unpaired) electrons. The number of nitrogens with zero attached hydrogens (tertiary/aromatic N) is 4. The quantitative estimate of drug-likeness (QED) is 0.859. The summed E-state index contributed by atoms with van der Waals surface area (Å²) in [5.41, 5.74) is 1.19. The minimum absolute atomic E-state index is 0.0545. The molecule has 6 heteroatoms. The maximum Gasteiger partial charge on any atom is 0.241 e. The van der Waals surface area contributed by atoms with Gasteiger partial charge in [-0.3, -0.25) is 4.79 Å². The van der Waals surface area contributed by atoms with Gasteiger partial charge in [-0.25, -0.2) is 9.97 Å². The van der Waals surface area contributed by atoms with Crippen LogP contribution in [0.3, 0.4) is 0 Å². The number of carbonyl (C=O) groups excluding carboxylic acids is 1. The number of rotatable bonds is 3. The van der Waals surface area contributed by atoms with Crippen molar-refractivity contribution in [2.75, 3.05) is 32.6 Å². The molecule has 2 aromatic rings. The van der Waals surface area contributed by atoms with Crippen LogP contribution in [0, 0.1) is 13.8 Å². The summed E-state index contributed by atoms with van der Waals surface area (Å²) in [5.74, 6) is 0.876. The van der Waals surface area contributed by atoms with Gasteiger partial charge in [-0.15, -0.1) is 11.3 Å². The predicted molar refractivity (Wildman–Crippen MR) is 78.9 cm³/mol. The first-order chi connectivity index (χ1) is 8.91. The van der Waals surface area contributed by atoms with Gasteiger partial charge in [-0.05, 0) is 19.4 Å². The zero-order valence-electron chi connectivity index (χ0n) is 11.9. The molecule has 1 amide bonds. The average molecular weight is 278 g/mol. The Labute approximate surface area is 116 Å². The highest BCUT2D eigenvalue weighted by atomic mass is 32.1. The van der Waals surface area contributed by atoms with Crippen LogP contribution in [0.5, 0.6) is 0 Å². The minimum atomic E-state index is 0.0545. The van der Waals surface area contributed by atoms with Crippen molar-refractivity contribution in [2.24, 2.45) is 0 Å². The third kappa shape index (κ3) is 2.53. The van der Waals surface area contributed by atoms with E-state index in [1.54, 1.807) is 36.7 Å². The van der Waals surface area contributed by atoms with E-state index in [4.69, 9.17) is 0 Å². The molecule has 2 heterocycles. The van der Waals surface area contributed by atoms with Crippen LogP contribution < -0.4 is 4.90 Å². The molecule has 102 valence electrons. The van der Waals surface area contributed by atoms with Gasteiger partial charge in [0.2, 0.25) is 5.91 Å². The lowest BCUT2D eigenvalue weighted by Crippen LogP contribution is -2.34. The summed E-state index contributed by atoms with van der Waals surface area (Å²) in [6.07, 6.45) is 1.56. The van der Waals surface area contributed by atoms with E-state index in [0.29, 0.717) is 6.54 Å². The molecule has 0 aliphatic carbocycles. The first-order valence-electron chi connectivity index (χ1n) is 6.03. The SMILES string of the molecule is Cc1sc2ncnc(N(C)CC(=O)N(C)C)c2c1C. The van der Waals surface area contributed by atoms with E-state index < -0.39 is 0 Å². The Hall–Kier alpha value is -1.69. The van der Waals surface area contributed by atoms with Crippen LogP contribution in [0.4, 0.5) is 5.82 Å². The van der Waals surface area contributed by atoms with E-state index in [1.807, 2.05) is 11.9 Å². The number of amides is 1. The molecular weight excluding hydrogens is 260 g/mol. The van der Waals surface area contributed by atoms with Crippen molar-refractivity contribution in [3.63, 3.8) is 0 Å². The van der Waals surface area contributed by atoms with Gasteiger partial charge in [0.25, 0.3) is 0 Å². The molecular formula is C13H18N4OS. The molecule has 0 bridgehead atoms. The average Bonchev–Trinajstić information content (AvgIpc) is 2.65. The fourth-order valence-corrected chi connectivity index (χ4v) is 2.86. The van der Waals surface area contributed by atoms with Gasteiger partial charge < -0.3 is 9.80 Å². The highest BCUT2D eigenvalue weighted by molar-refractivity contribution is 7.18. The van der Waals surface area contributed by atoms with Crippen molar-refractivity contribution < 1.29 is 4.79 Å². The van der Waals surface area contributed by atoms with E-state index in [-0.39, 0.29) is 5.91 Å². The zero-order chi connectivity index (χ0) is 14.2. The Bertz CT molecular complexity index is 620. The fraction of sp³-hybridized carbons (Fsp3) is 0.462. The Balaban J connectivity index is 2.42. The number of aryl methyl sites for hydroxylation is 2. The standard InChI is InChI=1S/C13H18N4OS/c1-8-9(2)19-13-11(8)12(14-7-15-13)17(5)6-10(18)16(3)4/h7H,6H2,1-5H3. The van der Waals surface area contributed by atoms with Gasteiger partial charge in [0, 0.05) is 26.0 Å². The van der Waals surface area contributed by atoms with Crippen LogP contribution in [0.2, 0.25) is 0 Å². The first kappa shape index (κ1) is 13.7. The molecule has 0 aliphatic heterocycles. The van der Waals surface area contributed by atoms with Crippen molar-refractivity contribution in [2.45, 2.75) is 13.8 Å². The van der Waals surface area contributed by atoms with Crippen LogP contribution in [-0.4, -0.2) is 48.5 Å². The first-order valence-corrected chi connectivity index (χ1v) is 6.85. The lowest BCUT2D eigenvalue weighted by molar-refractivity contribution is -0.127. The number of fused-ring (bicyclic) bond motifs is 1. The third-order valence-corrected chi connectivity index (χ3v) is 4.29. The Morgan fingerprint density at radius 1 is 1.26 bits per heavy atom. The number of carbonyl (C=O) groups is 1. The highest BCUT2D eigenvalue weighted by Crippen LogP contribution is 2.33. The number of hydrogen-bond acceptors (Lipinski definition) is 5. The molecule has 0 atom stereocenters. The van der Waals surface area contributed by atoms with Gasteiger partial charge in [0.05, 0.1) is 11.9 Å². The molecule has 0 aromatic carbocycles. The number of hydrogen-bond donors (Lipinski definition) is 0.